The number of nitrogens with zero attached hydrogens (tertiary/aromatic N) is 2. The standard InChI is InChI=1S/C23H30N2O2/c1-4-27-21-13-11-20(12-14-21)22-6-5-15-25(22)23(26)17-24(3)16-19-9-7-18(2)8-10-19/h7-14,22H,4-6,15-17H2,1-3H3. The minimum absolute atomic E-state index is 0.181. The molecule has 2 aromatic rings. The third-order valence-electron chi connectivity index (χ3n) is 5.13. The van der Waals surface area contributed by atoms with Crippen molar-refractivity contribution in [1.29, 1.82) is 0 Å². The third-order valence-corrected chi connectivity index (χ3v) is 5.13. The van der Waals surface area contributed by atoms with Crippen molar-refractivity contribution >= 4 is 5.91 Å². The molecule has 27 heavy (non-hydrogen) atoms. The van der Waals surface area contributed by atoms with E-state index in [1.807, 2.05) is 31.0 Å². The van der Waals surface area contributed by atoms with Crippen molar-refractivity contribution in [3.63, 3.8) is 0 Å². The van der Waals surface area contributed by atoms with Crippen LogP contribution in [0.1, 0.15) is 42.5 Å². The Morgan fingerprint density at radius 2 is 1.85 bits per heavy atom. The monoisotopic (exact) mass is 366 g/mol. The number of ether oxygens (including phenoxy) is 1. The fourth-order valence-corrected chi connectivity index (χ4v) is 3.75. The van der Waals surface area contributed by atoms with Gasteiger partial charge in [-0.15, -0.1) is 0 Å². The van der Waals surface area contributed by atoms with Gasteiger partial charge >= 0.3 is 0 Å². The maximum absolute atomic E-state index is 12.9. The van der Waals surface area contributed by atoms with Gasteiger partial charge in [0.2, 0.25) is 5.91 Å². The van der Waals surface area contributed by atoms with E-state index in [4.69, 9.17) is 4.74 Å². The van der Waals surface area contributed by atoms with Gasteiger partial charge in [-0.1, -0.05) is 42.0 Å². The first-order valence-electron chi connectivity index (χ1n) is 9.83. The van der Waals surface area contributed by atoms with Gasteiger partial charge in [-0.05, 0) is 57.0 Å². The highest BCUT2D eigenvalue weighted by atomic mass is 16.5. The number of aryl methyl sites for hydroxylation is 1. The first kappa shape index (κ1) is 19.4. The second-order valence-corrected chi connectivity index (χ2v) is 7.41. The lowest BCUT2D eigenvalue weighted by Gasteiger charge is -2.27. The summed E-state index contributed by atoms with van der Waals surface area (Å²) >= 11 is 0. The predicted molar refractivity (Wildman–Crippen MR) is 109 cm³/mol. The molecule has 1 atom stereocenters. The van der Waals surface area contributed by atoms with E-state index in [9.17, 15) is 4.79 Å². The van der Waals surface area contributed by atoms with Gasteiger partial charge in [-0.25, -0.2) is 0 Å². The lowest BCUT2D eigenvalue weighted by Crippen LogP contribution is -2.38. The summed E-state index contributed by atoms with van der Waals surface area (Å²) in [6, 6.07) is 16.9. The molecule has 0 N–H and O–H groups in total. The van der Waals surface area contributed by atoms with Crippen molar-refractivity contribution in [2.24, 2.45) is 0 Å². The summed E-state index contributed by atoms with van der Waals surface area (Å²) in [5.74, 6) is 1.09. The Bertz CT molecular complexity index is 740. The number of rotatable bonds is 7. The molecule has 0 aromatic heterocycles. The number of hydrogen-bond acceptors (Lipinski definition) is 3. The van der Waals surface area contributed by atoms with E-state index in [-0.39, 0.29) is 11.9 Å². The molecule has 1 heterocycles. The largest absolute Gasteiger partial charge is 0.494 e. The zero-order valence-electron chi connectivity index (χ0n) is 16.6. The second-order valence-electron chi connectivity index (χ2n) is 7.41. The SMILES string of the molecule is CCOc1ccc(C2CCCN2C(=O)CN(C)Cc2ccc(C)cc2)cc1. The first-order chi connectivity index (χ1) is 13.1. The molecule has 144 valence electrons. The van der Waals surface area contributed by atoms with E-state index < -0.39 is 0 Å². The maximum atomic E-state index is 12.9. The molecule has 0 radical (unpaired) electrons. The van der Waals surface area contributed by atoms with Gasteiger partial charge in [0, 0.05) is 13.1 Å². The van der Waals surface area contributed by atoms with Crippen molar-refractivity contribution in [2.75, 3.05) is 26.7 Å². The Balaban J connectivity index is 1.60. The highest BCUT2D eigenvalue weighted by molar-refractivity contribution is 5.79. The predicted octanol–water partition coefficient (Wildman–Crippen LogP) is 4.19. The summed E-state index contributed by atoms with van der Waals surface area (Å²) in [5, 5.41) is 0. The topological polar surface area (TPSA) is 32.8 Å². The van der Waals surface area contributed by atoms with Crippen LogP contribution < -0.4 is 4.74 Å². The van der Waals surface area contributed by atoms with Crippen LogP contribution in [0.25, 0.3) is 0 Å². The van der Waals surface area contributed by atoms with Crippen molar-refractivity contribution < 1.29 is 9.53 Å². The number of carbonyl (C=O) groups excluding carboxylic acids is 1. The Morgan fingerprint density at radius 1 is 1.15 bits per heavy atom. The van der Waals surface area contributed by atoms with Crippen LogP contribution in [0.2, 0.25) is 0 Å². The van der Waals surface area contributed by atoms with Gasteiger partial charge in [0.1, 0.15) is 5.75 Å². The lowest BCUT2D eigenvalue weighted by molar-refractivity contribution is -0.133. The molecule has 0 saturated carbocycles. The number of benzene rings is 2. The number of hydrogen-bond donors (Lipinski definition) is 0. The Kier molecular flexibility index (Phi) is 6.51. The summed E-state index contributed by atoms with van der Waals surface area (Å²) < 4.78 is 5.53. The highest BCUT2D eigenvalue weighted by Crippen LogP contribution is 2.32. The molecule has 1 aliphatic rings. The number of likely N-dealkylation sites (tertiary alicyclic amines) is 1. The molecule has 1 unspecified atom stereocenters. The fraction of sp³-hybridized carbons (Fsp3) is 0.435. The second kappa shape index (κ2) is 9.05. The quantitative estimate of drug-likeness (QED) is 0.737. The van der Waals surface area contributed by atoms with Gasteiger partial charge in [-0.2, -0.15) is 0 Å². The normalized spacial score (nSPS) is 16.7. The lowest BCUT2D eigenvalue weighted by atomic mass is 10.0. The van der Waals surface area contributed by atoms with E-state index in [0.717, 1.165) is 31.7 Å². The summed E-state index contributed by atoms with van der Waals surface area (Å²) in [6.07, 6.45) is 2.09. The van der Waals surface area contributed by atoms with Crippen molar-refractivity contribution in [3.05, 3.63) is 65.2 Å². The van der Waals surface area contributed by atoms with E-state index in [1.54, 1.807) is 0 Å². The zero-order chi connectivity index (χ0) is 19.2. The van der Waals surface area contributed by atoms with Gasteiger partial charge < -0.3 is 9.64 Å². The average Bonchev–Trinajstić information content (AvgIpc) is 3.14. The van der Waals surface area contributed by atoms with E-state index in [1.165, 1.54) is 16.7 Å². The average molecular weight is 367 g/mol. The zero-order valence-corrected chi connectivity index (χ0v) is 16.6. The Labute approximate surface area is 162 Å². The Morgan fingerprint density at radius 3 is 2.52 bits per heavy atom. The van der Waals surface area contributed by atoms with Crippen LogP contribution in [-0.2, 0) is 11.3 Å². The molecule has 4 heteroatoms. The molecule has 0 spiro atoms. The summed E-state index contributed by atoms with van der Waals surface area (Å²) in [7, 11) is 2.01. The fourth-order valence-electron chi connectivity index (χ4n) is 3.75. The van der Waals surface area contributed by atoms with Crippen LogP contribution in [0.3, 0.4) is 0 Å². The molecule has 2 aromatic carbocycles. The van der Waals surface area contributed by atoms with Crippen molar-refractivity contribution in [1.82, 2.24) is 9.80 Å². The third kappa shape index (κ3) is 5.10. The minimum atomic E-state index is 0.181. The molecular formula is C23H30N2O2. The molecule has 1 saturated heterocycles. The summed E-state index contributed by atoms with van der Waals surface area (Å²) in [6.45, 7) is 6.81. The highest BCUT2D eigenvalue weighted by Gasteiger charge is 2.30. The van der Waals surface area contributed by atoms with E-state index in [2.05, 4.69) is 48.2 Å². The van der Waals surface area contributed by atoms with Gasteiger partial charge in [0.15, 0.2) is 0 Å². The molecule has 4 nitrogen and oxygen atoms in total. The molecular weight excluding hydrogens is 336 g/mol. The van der Waals surface area contributed by atoms with Crippen LogP contribution in [0.5, 0.6) is 5.75 Å². The van der Waals surface area contributed by atoms with Crippen LogP contribution in [0.15, 0.2) is 48.5 Å². The summed E-state index contributed by atoms with van der Waals surface area (Å²) in [4.78, 5) is 17.1. The van der Waals surface area contributed by atoms with Crippen molar-refractivity contribution in [2.45, 2.75) is 39.3 Å². The molecule has 1 aliphatic heterocycles. The van der Waals surface area contributed by atoms with Crippen molar-refractivity contribution in [3.8, 4) is 5.75 Å². The maximum Gasteiger partial charge on any atom is 0.237 e. The molecule has 1 amide bonds. The molecule has 3 rings (SSSR count). The summed E-state index contributed by atoms with van der Waals surface area (Å²) in [5.41, 5.74) is 3.69. The number of likely N-dealkylation sites (N-methyl/N-ethyl adjacent to an activating group) is 1. The molecule has 1 fully saturated rings. The van der Waals surface area contributed by atoms with Crippen LogP contribution in [0, 0.1) is 6.92 Å². The Hall–Kier alpha value is -2.33. The van der Waals surface area contributed by atoms with Crippen LogP contribution in [0.4, 0.5) is 0 Å². The smallest absolute Gasteiger partial charge is 0.237 e. The van der Waals surface area contributed by atoms with Crippen LogP contribution in [-0.4, -0.2) is 42.5 Å². The van der Waals surface area contributed by atoms with E-state index >= 15 is 0 Å². The van der Waals surface area contributed by atoms with Gasteiger partial charge in [0.05, 0.1) is 19.2 Å². The molecule has 0 aliphatic carbocycles. The van der Waals surface area contributed by atoms with Crippen LogP contribution >= 0.6 is 0 Å². The van der Waals surface area contributed by atoms with Gasteiger partial charge in [-0.3, -0.25) is 9.69 Å². The number of amides is 1. The number of carbonyl (C=O) groups is 1. The van der Waals surface area contributed by atoms with E-state index in [0.29, 0.717) is 13.2 Å². The first-order valence-corrected chi connectivity index (χ1v) is 9.83. The molecule has 0 bridgehead atoms. The minimum Gasteiger partial charge on any atom is -0.494 e. The van der Waals surface area contributed by atoms with Gasteiger partial charge in [0.25, 0.3) is 0 Å².